The van der Waals surface area contributed by atoms with E-state index in [4.69, 9.17) is 0 Å². The largest absolute Gasteiger partial charge is 0.342 e. The molecule has 0 aliphatic rings. The van der Waals surface area contributed by atoms with Crippen LogP contribution in [0.15, 0.2) is 18.5 Å². The normalized spacial score (nSPS) is 12.4. The van der Waals surface area contributed by atoms with Gasteiger partial charge in [0.25, 0.3) is 5.91 Å². The summed E-state index contributed by atoms with van der Waals surface area (Å²) in [7, 11) is 0. The van der Waals surface area contributed by atoms with Crippen LogP contribution < -0.4 is 5.32 Å². The van der Waals surface area contributed by atoms with Gasteiger partial charge in [-0.05, 0) is 25.8 Å². The lowest BCUT2D eigenvalue weighted by Crippen LogP contribution is -2.28. The molecule has 2 aromatic heterocycles. The van der Waals surface area contributed by atoms with Crippen LogP contribution in [-0.4, -0.2) is 26.1 Å². The van der Waals surface area contributed by atoms with Crippen LogP contribution in [0.4, 0.5) is 0 Å². The molecule has 0 spiro atoms. The molecule has 0 aromatic carbocycles. The fraction of sp³-hybridized carbons (Fsp3) is 0.429. The van der Waals surface area contributed by atoms with E-state index in [-0.39, 0.29) is 17.9 Å². The van der Waals surface area contributed by atoms with Crippen molar-refractivity contribution in [2.75, 3.05) is 0 Å². The van der Waals surface area contributed by atoms with Crippen molar-refractivity contribution in [3.63, 3.8) is 0 Å². The van der Waals surface area contributed by atoms with E-state index < -0.39 is 0 Å². The molecule has 6 heteroatoms. The third-order valence-electron chi connectivity index (χ3n) is 3.04. The molecule has 2 aromatic rings. The number of hydrogen-bond acceptors (Lipinski definition) is 4. The predicted octanol–water partition coefficient (Wildman–Crippen LogP) is 2.12. The second-order valence-corrected chi connectivity index (χ2v) is 5.10. The zero-order chi connectivity index (χ0) is 14.7. The number of hydrogen-bond donors (Lipinski definition) is 2. The SMILES string of the molecule is Cc1ccnc(C(C)NC(=O)c2cn[nH]c2C(C)C)n1. The highest BCUT2D eigenvalue weighted by molar-refractivity contribution is 5.95. The van der Waals surface area contributed by atoms with Crippen LogP contribution in [0.5, 0.6) is 0 Å². The number of aromatic nitrogens is 4. The molecule has 2 N–H and O–H groups in total. The van der Waals surface area contributed by atoms with Gasteiger partial charge in [0.05, 0.1) is 23.5 Å². The highest BCUT2D eigenvalue weighted by atomic mass is 16.1. The minimum Gasteiger partial charge on any atom is -0.342 e. The zero-order valence-corrected chi connectivity index (χ0v) is 12.1. The number of H-pyrrole nitrogens is 1. The quantitative estimate of drug-likeness (QED) is 0.893. The summed E-state index contributed by atoms with van der Waals surface area (Å²) in [6.45, 7) is 7.78. The lowest BCUT2D eigenvalue weighted by atomic mass is 10.1. The van der Waals surface area contributed by atoms with Gasteiger partial charge in [-0.25, -0.2) is 9.97 Å². The summed E-state index contributed by atoms with van der Waals surface area (Å²) >= 11 is 0. The molecule has 106 valence electrons. The van der Waals surface area contributed by atoms with E-state index in [1.807, 2.05) is 33.8 Å². The molecule has 1 unspecified atom stereocenters. The van der Waals surface area contributed by atoms with Crippen molar-refractivity contribution >= 4 is 5.91 Å². The Kier molecular flexibility index (Phi) is 4.12. The Balaban J connectivity index is 2.13. The number of nitrogens with one attached hydrogen (secondary N) is 2. The standard InChI is InChI=1S/C14H19N5O/c1-8(2)12-11(7-16-19-12)14(20)18-10(4)13-15-6-5-9(3)17-13/h5-8,10H,1-4H3,(H,16,19)(H,18,20). The Labute approximate surface area is 118 Å². The third kappa shape index (κ3) is 3.01. The monoisotopic (exact) mass is 273 g/mol. The number of aryl methyl sites for hydroxylation is 1. The molecule has 0 radical (unpaired) electrons. The van der Waals surface area contributed by atoms with Gasteiger partial charge in [0, 0.05) is 11.9 Å². The molecular weight excluding hydrogens is 254 g/mol. The average Bonchev–Trinajstić information content (AvgIpc) is 2.88. The van der Waals surface area contributed by atoms with E-state index in [2.05, 4.69) is 25.5 Å². The van der Waals surface area contributed by atoms with Crippen molar-refractivity contribution in [1.82, 2.24) is 25.5 Å². The van der Waals surface area contributed by atoms with Gasteiger partial charge in [0.15, 0.2) is 0 Å². The summed E-state index contributed by atoms with van der Waals surface area (Å²) in [5.74, 6) is 0.650. The van der Waals surface area contributed by atoms with Crippen molar-refractivity contribution in [3.05, 3.63) is 41.2 Å². The molecule has 0 aliphatic carbocycles. The molecule has 0 aliphatic heterocycles. The fourth-order valence-electron chi connectivity index (χ4n) is 1.93. The van der Waals surface area contributed by atoms with Crippen LogP contribution in [-0.2, 0) is 0 Å². The zero-order valence-electron chi connectivity index (χ0n) is 12.1. The second-order valence-electron chi connectivity index (χ2n) is 5.10. The smallest absolute Gasteiger partial charge is 0.255 e. The molecule has 2 rings (SSSR count). The maximum Gasteiger partial charge on any atom is 0.255 e. The van der Waals surface area contributed by atoms with Crippen LogP contribution in [0.3, 0.4) is 0 Å². The van der Waals surface area contributed by atoms with Gasteiger partial charge in [0.2, 0.25) is 0 Å². The van der Waals surface area contributed by atoms with Crippen LogP contribution in [0.1, 0.15) is 60.3 Å². The summed E-state index contributed by atoms with van der Waals surface area (Å²) < 4.78 is 0. The first-order chi connectivity index (χ1) is 9.49. The van der Waals surface area contributed by atoms with Gasteiger partial charge in [-0.3, -0.25) is 9.89 Å². The second kappa shape index (κ2) is 5.81. The van der Waals surface area contributed by atoms with Gasteiger partial charge >= 0.3 is 0 Å². The van der Waals surface area contributed by atoms with Crippen molar-refractivity contribution in [2.45, 2.75) is 39.7 Å². The number of nitrogens with zero attached hydrogens (tertiary/aromatic N) is 3. The number of rotatable bonds is 4. The lowest BCUT2D eigenvalue weighted by Gasteiger charge is -2.13. The third-order valence-corrected chi connectivity index (χ3v) is 3.04. The average molecular weight is 273 g/mol. The fourth-order valence-corrected chi connectivity index (χ4v) is 1.93. The van der Waals surface area contributed by atoms with Crippen LogP contribution >= 0.6 is 0 Å². The van der Waals surface area contributed by atoms with E-state index in [1.165, 1.54) is 0 Å². The molecule has 2 heterocycles. The number of carbonyl (C=O) groups excluding carboxylic acids is 1. The van der Waals surface area contributed by atoms with Gasteiger partial charge in [-0.15, -0.1) is 0 Å². The molecule has 1 amide bonds. The Morgan fingerprint density at radius 1 is 1.35 bits per heavy atom. The summed E-state index contributed by atoms with van der Waals surface area (Å²) in [5.41, 5.74) is 2.28. The first kappa shape index (κ1) is 14.2. The van der Waals surface area contributed by atoms with Crippen molar-refractivity contribution in [2.24, 2.45) is 0 Å². The summed E-state index contributed by atoms with van der Waals surface area (Å²) in [5, 5.41) is 9.70. The molecular formula is C14H19N5O. The summed E-state index contributed by atoms with van der Waals surface area (Å²) in [6.07, 6.45) is 3.24. The Bertz CT molecular complexity index is 605. The van der Waals surface area contributed by atoms with Crippen LogP contribution in [0, 0.1) is 6.92 Å². The molecule has 0 saturated carbocycles. The Morgan fingerprint density at radius 2 is 2.10 bits per heavy atom. The molecule has 0 saturated heterocycles. The van der Waals surface area contributed by atoms with Gasteiger partial charge < -0.3 is 5.32 Å². The first-order valence-electron chi connectivity index (χ1n) is 6.62. The maximum atomic E-state index is 12.3. The number of aromatic amines is 1. The molecule has 1 atom stereocenters. The van der Waals surface area contributed by atoms with Gasteiger partial charge in [0.1, 0.15) is 5.82 Å². The van der Waals surface area contributed by atoms with E-state index in [9.17, 15) is 4.79 Å². The van der Waals surface area contributed by atoms with Gasteiger partial charge in [-0.1, -0.05) is 13.8 Å². The Hall–Kier alpha value is -2.24. The minimum atomic E-state index is -0.252. The molecule has 0 bridgehead atoms. The van der Waals surface area contributed by atoms with Crippen molar-refractivity contribution < 1.29 is 4.79 Å². The Morgan fingerprint density at radius 3 is 2.75 bits per heavy atom. The highest BCUT2D eigenvalue weighted by Crippen LogP contribution is 2.17. The van der Waals surface area contributed by atoms with E-state index in [0.717, 1.165) is 11.4 Å². The van der Waals surface area contributed by atoms with Crippen molar-refractivity contribution in [1.29, 1.82) is 0 Å². The first-order valence-corrected chi connectivity index (χ1v) is 6.62. The molecule has 6 nitrogen and oxygen atoms in total. The molecule has 0 fully saturated rings. The predicted molar refractivity (Wildman–Crippen MR) is 75.3 cm³/mol. The molecule has 20 heavy (non-hydrogen) atoms. The van der Waals surface area contributed by atoms with Crippen LogP contribution in [0.2, 0.25) is 0 Å². The number of carbonyl (C=O) groups is 1. The minimum absolute atomic E-state index is 0.167. The summed E-state index contributed by atoms with van der Waals surface area (Å²) in [6, 6.07) is 1.57. The van der Waals surface area contributed by atoms with Gasteiger partial charge in [-0.2, -0.15) is 5.10 Å². The van der Waals surface area contributed by atoms with E-state index >= 15 is 0 Å². The van der Waals surface area contributed by atoms with Crippen LogP contribution in [0.25, 0.3) is 0 Å². The highest BCUT2D eigenvalue weighted by Gasteiger charge is 2.19. The van der Waals surface area contributed by atoms with Crippen molar-refractivity contribution in [3.8, 4) is 0 Å². The van der Waals surface area contributed by atoms with E-state index in [0.29, 0.717) is 11.4 Å². The van der Waals surface area contributed by atoms with E-state index in [1.54, 1.807) is 12.4 Å². The summed E-state index contributed by atoms with van der Waals surface area (Å²) in [4.78, 5) is 20.8. The lowest BCUT2D eigenvalue weighted by molar-refractivity contribution is 0.0937. The topological polar surface area (TPSA) is 83.6 Å². The number of amides is 1. The maximum absolute atomic E-state index is 12.3.